The molecular weight excluding hydrogens is 853 g/mol. The molecule has 6 rings (SSSR count). The van der Waals surface area contributed by atoms with E-state index in [1.165, 1.54) is 53.3 Å². The minimum Gasteiger partial charge on any atom is -0.497 e. The van der Waals surface area contributed by atoms with Crippen molar-refractivity contribution in [3.8, 4) is 40.2 Å². The lowest BCUT2D eigenvalue weighted by molar-refractivity contribution is -0.119. The summed E-state index contributed by atoms with van der Waals surface area (Å²) in [5, 5.41) is 0.474. The normalized spacial score (nSPS) is 10.5. The highest BCUT2D eigenvalue weighted by atomic mass is 79.9. The number of carbonyl (C=O) groups excluding carboxylic acids is 2. The van der Waals surface area contributed by atoms with E-state index in [1.54, 1.807) is 62.8 Å². The quantitative estimate of drug-likeness (QED) is 0.0843. The molecule has 0 unspecified atom stereocenters. The predicted octanol–water partition coefficient (Wildman–Crippen LogP) is 11.8. The Balaban J connectivity index is 0.000000231. The number of aryl methyl sites for hydroxylation is 1. The van der Waals surface area contributed by atoms with Crippen molar-refractivity contribution in [3.05, 3.63) is 162 Å². The largest absolute Gasteiger partial charge is 0.497 e. The highest BCUT2D eigenvalue weighted by molar-refractivity contribution is 9.09. The SMILES string of the molecule is COc1ccc(C)cc1CN(C(=O)CCF)c1cc(F)ccc1Oc1ccccc1.COc1ccc(OC)c(CN(C(=O)CCBr)c2cc(F)ccc2Oc2ccccc2)c1. The number of benzene rings is 6. The van der Waals surface area contributed by atoms with Crippen molar-refractivity contribution in [1.29, 1.82) is 0 Å². The molecule has 0 saturated heterocycles. The molecule has 9 nitrogen and oxygen atoms in total. The number of methoxy groups -OCH3 is 3. The molecule has 318 valence electrons. The fraction of sp³-hybridized carbons (Fsp3) is 0.208. The Labute approximate surface area is 362 Å². The van der Waals surface area contributed by atoms with Crippen LogP contribution in [0.5, 0.6) is 40.2 Å². The number of hydrogen-bond donors (Lipinski definition) is 0. The zero-order valence-electron chi connectivity index (χ0n) is 34.2. The molecular formula is C48H46BrF3N2O7. The van der Waals surface area contributed by atoms with Gasteiger partial charge in [0.15, 0.2) is 11.5 Å². The van der Waals surface area contributed by atoms with Gasteiger partial charge in [-0.25, -0.2) is 8.78 Å². The van der Waals surface area contributed by atoms with E-state index in [2.05, 4.69) is 15.9 Å². The zero-order valence-corrected chi connectivity index (χ0v) is 35.8. The summed E-state index contributed by atoms with van der Waals surface area (Å²) in [7, 11) is 4.66. The van der Waals surface area contributed by atoms with Gasteiger partial charge in [0.05, 0.1) is 58.9 Å². The molecule has 0 atom stereocenters. The summed E-state index contributed by atoms with van der Waals surface area (Å²) in [6, 6.07) is 37.1. The third-order valence-electron chi connectivity index (χ3n) is 9.16. The third-order valence-corrected chi connectivity index (χ3v) is 9.56. The Morgan fingerprint density at radius 1 is 0.541 bits per heavy atom. The Morgan fingerprint density at radius 3 is 1.46 bits per heavy atom. The maximum Gasteiger partial charge on any atom is 0.230 e. The van der Waals surface area contributed by atoms with Gasteiger partial charge in [-0.3, -0.25) is 14.0 Å². The number of carbonyl (C=O) groups is 2. The van der Waals surface area contributed by atoms with Crippen LogP contribution >= 0.6 is 15.9 Å². The van der Waals surface area contributed by atoms with Crippen LogP contribution in [-0.2, 0) is 22.7 Å². The summed E-state index contributed by atoms with van der Waals surface area (Å²) in [5.41, 5.74) is 2.98. The van der Waals surface area contributed by atoms with Gasteiger partial charge >= 0.3 is 0 Å². The molecule has 0 N–H and O–H groups in total. The molecule has 0 heterocycles. The van der Waals surface area contributed by atoms with Crippen LogP contribution in [-0.4, -0.2) is 45.1 Å². The number of amides is 2. The van der Waals surface area contributed by atoms with E-state index < -0.39 is 24.2 Å². The van der Waals surface area contributed by atoms with Crippen molar-refractivity contribution in [1.82, 2.24) is 0 Å². The standard InChI is InChI=1S/C24H23BrFNO4.C24H23F2NO3/c1-29-20-9-11-22(30-2)17(14-20)16-27(24(28)12-13-25)21-15-18(26)8-10-23(21)31-19-6-4-3-5-7-19;1-17-8-10-22(29-2)18(14-17)16-27(24(28)12-13-25)21-15-19(26)9-11-23(21)30-20-6-4-3-5-7-20/h3-11,14-15H,12-13,16H2,1-2H3;3-11,14-15H,12-13,16H2,1-2H3. The van der Waals surface area contributed by atoms with E-state index >= 15 is 0 Å². The number of ether oxygens (including phenoxy) is 5. The van der Waals surface area contributed by atoms with Crippen LogP contribution in [0.2, 0.25) is 0 Å². The summed E-state index contributed by atoms with van der Waals surface area (Å²) in [6.07, 6.45) is -0.0943. The zero-order chi connectivity index (χ0) is 43.7. The molecule has 13 heteroatoms. The minimum atomic E-state index is -0.815. The highest BCUT2D eigenvalue weighted by Gasteiger charge is 2.24. The minimum absolute atomic E-state index is 0.0816. The Morgan fingerprint density at radius 2 is 1.00 bits per heavy atom. The van der Waals surface area contributed by atoms with E-state index in [1.807, 2.05) is 55.5 Å². The molecule has 0 bridgehead atoms. The second-order valence-electron chi connectivity index (χ2n) is 13.4. The van der Waals surface area contributed by atoms with Crippen LogP contribution < -0.4 is 33.5 Å². The van der Waals surface area contributed by atoms with E-state index in [0.717, 1.165) is 16.7 Å². The summed E-state index contributed by atoms with van der Waals surface area (Å²) < 4.78 is 69.5. The average Bonchev–Trinajstić information content (AvgIpc) is 3.27. The highest BCUT2D eigenvalue weighted by Crippen LogP contribution is 2.38. The average molecular weight is 900 g/mol. The van der Waals surface area contributed by atoms with Crippen LogP contribution in [0.1, 0.15) is 29.5 Å². The molecule has 6 aromatic rings. The first kappa shape index (κ1) is 45.6. The van der Waals surface area contributed by atoms with Crippen LogP contribution in [0.25, 0.3) is 0 Å². The first-order chi connectivity index (χ1) is 29.6. The maximum atomic E-state index is 14.3. The van der Waals surface area contributed by atoms with Gasteiger partial charge in [-0.1, -0.05) is 70.0 Å². The first-order valence-electron chi connectivity index (χ1n) is 19.2. The molecule has 0 saturated carbocycles. The number of anilines is 2. The summed E-state index contributed by atoms with van der Waals surface area (Å²) in [5.74, 6) is 1.93. The number of halogens is 4. The van der Waals surface area contributed by atoms with Gasteiger partial charge < -0.3 is 33.5 Å². The molecule has 0 radical (unpaired) electrons. The first-order valence-corrected chi connectivity index (χ1v) is 20.3. The smallest absolute Gasteiger partial charge is 0.230 e. The molecule has 6 aromatic carbocycles. The van der Waals surface area contributed by atoms with Gasteiger partial charge in [-0.15, -0.1) is 0 Å². The van der Waals surface area contributed by atoms with E-state index in [9.17, 15) is 22.8 Å². The van der Waals surface area contributed by atoms with Gasteiger partial charge in [0, 0.05) is 35.0 Å². The molecule has 0 fully saturated rings. The Kier molecular flexibility index (Phi) is 17.0. The lowest BCUT2D eigenvalue weighted by Crippen LogP contribution is -2.31. The van der Waals surface area contributed by atoms with E-state index in [0.29, 0.717) is 51.3 Å². The molecule has 61 heavy (non-hydrogen) atoms. The number of alkyl halides is 2. The van der Waals surface area contributed by atoms with Crippen molar-refractivity contribution in [2.45, 2.75) is 32.9 Å². The van der Waals surface area contributed by atoms with Crippen LogP contribution in [0.3, 0.4) is 0 Å². The van der Waals surface area contributed by atoms with Crippen LogP contribution in [0.15, 0.2) is 133 Å². The van der Waals surface area contributed by atoms with Crippen molar-refractivity contribution in [2.75, 3.05) is 43.1 Å². The maximum absolute atomic E-state index is 14.3. The molecule has 2 amide bonds. The van der Waals surface area contributed by atoms with Gasteiger partial charge in [-0.05, 0) is 79.7 Å². The third kappa shape index (κ3) is 12.8. The lowest BCUT2D eigenvalue weighted by Gasteiger charge is -2.26. The molecule has 0 aromatic heterocycles. The monoisotopic (exact) mass is 898 g/mol. The van der Waals surface area contributed by atoms with Crippen LogP contribution in [0, 0.1) is 18.6 Å². The van der Waals surface area contributed by atoms with Crippen molar-refractivity contribution in [2.24, 2.45) is 0 Å². The van der Waals surface area contributed by atoms with Crippen LogP contribution in [0.4, 0.5) is 24.5 Å². The summed E-state index contributed by atoms with van der Waals surface area (Å²) in [4.78, 5) is 28.7. The number of para-hydroxylation sites is 2. The van der Waals surface area contributed by atoms with Crippen molar-refractivity contribution in [3.63, 3.8) is 0 Å². The molecule has 0 spiro atoms. The second kappa shape index (κ2) is 22.8. The van der Waals surface area contributed by atoms with E-state index in [-0.39, 0.29) is 37.5 Å². The molecule has 0 aliphatic carbocycles. The van der Waals surface area contributed by atoms with Crippen molar-refractivity contribution < 1.29 is 46.4 Å². The predicted molar refractivity (Wildman–Crippen MR) is 234 cm³/mol. The summed E-state index contributed by atoms with van der Waals surface area (Å²) >= 11 is 3.32. The number of rotatable bonds is 17. The van der Waals surface area contributed by atoms with E-state index in [4.69, 9.17) is 23.7 Å². The Hall–Kier alpha value is -6.47. The molecule has 0 aliphatic rings. The number of hydrogen-bond acceptors (Lipinski definition) is 7. The second-order valence-corrected chi connectivity index (χ2v) is 14.2. The fourth-order valence-electron chi connectivity index (χ4n) is 6.23. The molecule has 0 aliphatic heterocycles. The lowest BCUT2D eigenvalue weighted by atomic mass is 10.1. The van der Waals surface area contributed by atoms with Crippen molar-refractivity contribution >= 4 is 39.1 Å². The van der Waals surface area contributed by atoms with Gasteiger partial charge in [0.2, 0.25) is 11.8 Å². The fourth-order valence-corrected chi connectivity index (χ4v) is 6.57. The Bertz CT molecular complexity index is 2370. The van der Waals surface area contributed by atoms with Gasteiger partial charge in [0.25, 0.3) is 0 Å². The van der Waals surface area contributed by atoms with Gasteiger partial charge in [0.1, 0.15) is 40.4 Å². The summed E-state index contributed by atoms with van der Waals surface area (Å²) in [6.45, 7) is 1.34. The van der Waals surface area contributed by atoms with Gasteiger partial charge in [-0.2, -0.15) is 0 Å². The topological polar surface area (TPSA) is 86.8 Å². The number of nitrogens with zero attached hydrogens (tertiary/aromatic N) is 2.